The van der Waals surface area contributed by atoms with Gasteiger partial charge in [0.25, 0.3) is 5.91 Å². The summed E-state index contributed by atoms with van der Waals surface area (Å²) < 4.78 is 14.2. The first-order chi connectivity index (χ1) is 9.71. The van der Waals surface area contributed by atoms with Gasteiger partial charge in [0, 0.05) is 0 Å². The summed E-state index contributed by atoms with van der Waals surface area (Å²) in [7, 11) is 0. The normalized spacial score (nSPS) is 26.0. The summed E-state index contributed by atoms with van der Waals surface area (Å²) >= 11 is 3.12. The molecular formula is C15H18BrFN2O2. The van der Waals surface area contributed by atoms with Crippen molar-refractivity contribution >= 4 is 33.4 Å². The highest BCUT2D eigenvalue weighted by Crippen LogP contribution is 2.32. The van der Waals surface area contributed by atoms with E-state index in [0.717, 1.165) is 5.56 Å². The SMILES string of the molecule is CCC1(C)NC(=O)C(C)N(c2cc(F)c(Br)cc2C)C1=O. The molecule has 2 unspecified atom stereocenters. The first-order valence-electron chi connectivity index (χ1n) is 6.82. The van der Waals surface area contributed by atoms with Crippen molar-refractivity contribution in [1.29, 1.82) is 0 Å². The molecule has 0 saturated carbocycles. The first kappa shape index (κ1) is 15.9. The van der Waals surface area contributed by atoms with Gasteiger partial charge in [0.2, 0.25) is 5.91 Å². The zero-order valence-corrected chi connectivity index (χ0v) is 14.0. The summed E-state index contributed by atoms with van der Waals surface area (Å²) in [5.74, 6) is -0.914. The van der Waals surface area contributed by atoms with Crippen molar-refractivity contribution in [3.63, 3.8) is 0 Å². The van der Waals surface area contributed by atoms with E-state index in [4.69, 9.17) is 0 Å². The molecule has 0 aromatic heterocycles. The Hall–Kier alpha value is -1.43. The van der Waals surface area contributed by atoms with E-state index >= 15 is 0 Å². The number of nitrogens with zero attached hydrogens (tertiary/aromatic N) is 1. The zero-order chi connectivity index (χ0) is 15.9. The molecule has 6 heteroatoms. The molecule has 1 aliphatic heterocycles. The quantitative estimate of drug-likeness (QED) is 0.885. The molecule has 114 valence electrons. The Labute approximate surface area is 131 Å². The third-order valence-corrected chi connectivity index (χ3v) is 4.67. The van der Waals surface area contributed by atoms with Crippen molar-refractivity contribution in [1.82, 2.24) is 5.32 Å². The van der Waals surface area contributed by atoms with E-state index in [1.807, 2.05) is 6.92 Å². The maximum Gasteiger partial charge on any atom is 0.253 e. The third-order valence-electron chi connectivity index (χ3n) is 4.06. The Morgan fingerprint density at radius 1 is 1.43 bits per heavy atom. The zero-order valence-electron chi connectivity index (χ0n) is 12.5. The number of halogens is 2. The average Bonchev–Trinajstić information content (AvgIpc) is 2.42. The lowest BCUT2D eigenvalue weighted by molar-refractivity contribution is -0.137. The van der Waals surface area contributed by atoms with Crippen LogP contribution in [0.15, 0.2) is 16.6 Å². The van der Waals surface area contributed by atoms with Gasteiger partial charge in [-0.3, -0.25) is 14.5 Å². The van der Waals surface area contributed by atoms with Crippen LogP contribution in [0.25, 0.3) is 0 Å². The van der Waals surface area contributed by atoms with E-state index in [2.05, 4.69) is 21.2 Å². The number of benzene rings is 1. The number of carbonyl (C=O) groups is 2. The van der Waals surface area contributed by atoms with Gasteiger partial charge in [-0.25, -0.2) is 4.39 Å². The second kappa shape index (κ2) is 5.40. The van der Waals surface area contributed by atoms with Crippen LogP contribution in [0.1, 0.15) is 32.8 Å². The van der Waals surface area contributed by atoms with Crippen LogP contribution < -0.4 is 10.2 Å². The molecule has 1 aromatic carbocycles. The second-order valence-electron chi connectivity index (χ2n) is 5.58. The smallest absolute Gasteiger partial charge is 0.253 e. The van der Waals surface area contributed by atoms with Gasteiger partial charge < -0.3 is 5.32 Å². The number of rotatable bonds is 2. The highest BCUT2D eigenvalue weighted by atomic mass is 79.9. The minimum Gasteiger partial charge on any atom is -0.340 e. The summed E-state index contributed by atoms with van der Waals surface area (Å²) in [6.07, 6.45) is 0.471. The Kier molecular flexibility index (Phi) is 4.10. The van der Waals surface area contributed by atoms with Gasteiger partial charge in [-0.1, -0.05) is 6.92 Å². The van der Waals surface area contributed by atoms with Gasteiger partial charge in [0.1, 0.15) is 17.4 Å². The predicted octanol–water partition coefficient (Wildman–Crippen LogP) is 2.92. The summed E-state index contributed by atoms with van der Waals surface area (Å²) in [6.45, 7) is 6.95. The molecule has 0 aliphatic carbocycles. The summed E-state index contributed by atoms with van der Waals surface area (Å²) in [5, 5.41) is 2.75. The van der Waals surface area contributed by atoms with E-state index in [0.29, 0.717) is 16.6 Å². The van der Waals surface area contributed by atoms with Crippen LogP contribution in [0.5, 0.6) is 0 Å². The van der Waals surface area contributed by atoms with Crippen LogP contribution in [0.2, 0.25) is 0 Å². The number of anilines is 1. The highest BCUT2D eigenvalue weighted by molar-refractivity contribution is 9.10. The Morgan fingerprint density at radius 3 is 2.62 bits per heavy atom. The summed E-state index contributed by atoms with van der Waals surface area (Å²) in [5.41, 5.74) is 0.207. The maximum absolute atomic E-state index is 13.9. The molecule has 0 spiro atoms. The lowest BCUT2D eigenvalue weighted by Crippen LogP contribution is -2.68. The molecule has 2 amide bonds. The molecule has 2 rings (SSSR count). The van der Waals surface area contributed by atoms with E-state index in [1.165, 1.54) is 11.0 Å². The first-order valence-corrected chi connectivity index (χ1v) is 7.62. The Morgan fingerprint density at radius 2 is 2.05 bits per heavy atom. The molecule has 2 atom stereocenters. The summed E-state index contributed by atoms with van der Waals surface area (Å²) in [6, 6.07) is 2.24. The fourth-order valence-corrected chi connectivity index (χ4v) is 2.90. The lowest BCUT2D eigenvalue weighted by atomic mass is 9.91. The van der Waals surface area contributed by atoms with Crippen LogP contribution in [0.3, 0.4) is 0 Å². The van der Waals surface area contributed by atoms with Gasteiger partial charge in [-0.05, 0) is 60.8 Å². The third kappa shape index (κ3) is 2.57. The largest absolute Gasteiger partial charge is 0.340 e. The van der Waals surface area contributed by atoms with Gasteiger partial charge >= 0.3 is 0 Å². The molecule has 1 saturated heterocycles. The van der Waals surface area contributed by atoms with Gasteiger partial charge in [-0.15, -0.1) is 0 Å². The molecule has 1 aromatic rings. The van der Waals surface area contributed by atoms with Crippen molar-refractivity contribution in [2.75, 3.05) is 4.90 Å². The molecule has 1 N–H and O–H groups in total. The van der Waals surface area contributed by atoms with Crippen molar-refractivity contribution < 1.29 is 14.0 Å². The van der Waals surface area contributed by atoms with Crippen LogP contribution in [0.4, 0.5) is 10.1 Å². The van der Waals surface area contributed by atoms with E-state index in [1.54, 1.807) is 26.8 Å². The number of hydrogen-bond acceptors (Lipinski definition) is 2. The predicted molar refractivity (Wildman–Crippen MR) is 82.6 cm³/mol. The van der Waals surface area contributed by atoms with Crippen LogP contribution >= 0.6 is 15.9 Å². The number of aryl methyl sites for hydroxylation is 1. The fourth-order valence-electron chi connectivity index (χ4n) is 2.44. The van der Waals surface area contributed by atoms with Crippen molar-refractivity contribution in [2.24, 2.45) is 0 Å². The topological polar surface area (TPSA) is 49.4 Å². The minimum absolute atomic E-state index is 0.220. The molecule has 21 heavy (non-hydrogen) atoms. The maximum atomic E-state index is 13.9. The Balaban J connectivity index is 2.57. The standard InChI is InChI=1S/C15H18BrFN2O2/c1-5-15(4)14(21)19(9(3)13(20)18-15)12-7-11(17)10(16)6-8(12)2/h6-7,9H,5H2,1-4H3,(H,18,20). The number of carbonyl (C=O) groups excluding carboxylic acids is 2. The monoisotopic (exact) mass is 356 g/mol. The molecular weight excluding hydrogens is 339 g/mol. The molecule has 0 radical (unpaired) electrons. The van der Waals surface area contributed by atoms with Crippen LogP contribution in [-0.2, 0) is 9.59 Å². The second-order valence-corrected chi connectivity index (χ2v) is 6.43. The Bertz CT molecular complexity index is 620. The molecule has 4 nitrogen and oxygen atoms in total. The van der Waals surface area contributed by atoms with E-state index < -0.39 is 17.4 Å². The average molecular weight is 357 g/mol. The van der Waals surface area contributed by atoms with Crippen LogP contribution in [0, 0.1) is 12.7 Å². The lowest BCUT2D eigenvalue weighted by Gasteiger charge is -2.43. The fraction of sp³-hybridized carbons (Fsp3) is 0.467. The molecule has 1 aliphatic rings. The van der Waals surface area contributed by atoms with E-state index in [9.17, 15) is 14.0 Å². The summed E-state index contributed by atoms with van der Waals surface area (Å²) in [4.78, 5) is 26.3. The molecule has 1 heterocycles. The van der Waals surface area contributed by atoms with Gasteiger partial charge in [0.05, 0.1) is 10.2 Å². The minimum atomic E-state index is -0.959. The van der Waals surface area contributed by atoms with Crippen LogP contribution in [-0.4, -0.2) is 23.4 Å². The number of amides is 2. The van der Waals surface area contributed by atoms with Gasteiger partial charge in [-0.2, -0.15) is 0 Å². The van der Waals surface area contributed by atoms with Crippen molar-refractivity contribution in [3.8, 4) is 0 Å². The van der Waals surface area contributed by atoms with E-state index in [-0.39, 0.29) is 11.8 Å². The number of nitrogens with one attached hydrogen (secondary N) is 1. The number of hydrogen-bond donors (Lipinski definition) is 1. The van der Waals surface area contributed by atoms with Crippen molar-refractivity contribution in [3.05, 3.63) is 28.0 Å². The van der Waals surface area contributed by atoms with Crippen molar-refractivity contribution in [2.45, 2.75) is 45.7 Å². The highest BCUT2D eigenvalue weighted by Gasteiger charge is 2.46. The van der Waals surface area contributed by atoms with Gasteiger partial charge in [0.15, 0.2) is 0 Å². The number of piperazine rings is 1. The molecule has 1 fully saturated rings. The molecule has 0 bridgehead atoms.